The number of thiazole rings is 1. The molecule has 0 aliphatic carbocycles. The number of hydrogen-bond donors (Lipinski definition) is 0. The number of rotatable bonds is 4. The fourth-order valence-electron chi connectivity index (χ4n) is 2.22. The lowest BCUT2D eigenvalue weighted by molar-refractivity contribution is 0.793. The summed E-state index contributed by atoms with van der Waals surface area (Å²) >= 11 is 10.6. The molecule has 0 unspecified atom stereocenters. The summed E-state index contributed by atoms with van der Waals surface area (Å²) in [6.45, 7) is 0. The molecule has 0 saturated carbocycles. The summed E-state index contributed by atoms with van der Waals surface area (Å²) in [6, 6.07) is 7.54. The van der Waals surface area contributed by atoms with Crippen molar-refractivity contribution in [2.24, 2.45) is 7.05 Å². The van der Waals surface area contributed by atoms with Crippen molar-refractivity contribution in [2.75, 3.05) is 6.26 Å². The second-order valence-corrected chi connectivity index (χ2v) is 8.43. The SMILES string of the molecule is CSc1nc2ncnc(Sc3nnc(-c4ccc(Cl)cc4)n3C)c2s1. The largest absolute Gasteiger partial charge is 0.305 e. The van der Waals surface area contributed by atoms with Gasteiger partial charge in [0.2, 0.25) is 0 Å². The zero-order valence-electron chi connectivity index (χ0n) is 13.2. The Hall–Kier alpha value is -1.68. The topological polar surface area (TPSA) is 69.4 Å². The van der Waals surface area contributed by atoms with E-state index in [4.69, 9.17) is 11.6 Å². The molecule has 0 fully saturated rings. The molecule has 1 aromatic carbocycles. The van der Waals surface area contributed by atoms with E-state index in [0.29, 0.717) is 10.7 Å². The maximum Gasteiger partial charge on any atom is 0.197 e. The molecule has 3 aromatic heterocycles. The van der Waals surface area contributed by atoms with E-state index in [0.717, 1.165) is 30.6 Å². The third-order valence-corrected chi connectivity index (χ3v) is 6.90. The van der Waals surface area contributed by atoms with Crippen LogP contribution in [-0.4, -0.2) is 36.0 Å². The van der Waals surface area contributed by atoms with Gasteiger partial charge in [-0.2, -0.15) is 0 Å². The fraction of sp³-hybridized carbons (Fsp3) is 0.133. The van der Waals surface area contributed by atoms with E-state index in [9.17, 15) is 0 Å². The van der Waals surface area contributed by atoms with Gasteiger partial charge in [-0.15, -0.1) is 21.5 Å². The third kappa shape index (κ3) is 3.24. The maximum atomic E-state index is 5.95. The number of aromatic nitrogens is 6. The standard InChI is InChI=1S/C15H11ClN6S3/c1-22-12(8-3-5-9(16)6-4-8)20-21-14(22)25-13-10-11(17-7-18-13)19-15(23-2)24-10/h3-7H,1-2H3. The Morgan fingerprint density at radius 1 is 1.12 bits per heavy atom. The van der Waals surface area contributed by atoms with Crippen LogP contribution in [0.2, 0.25) is 5.02 Å². The van der Waals surface area contributed by atoms with Crippen LogP contribution in [0.3, 0.4) is 0 Å². The van der Waals surface area contributed by atoms with E-state index in [-0.39, 0.29) is 0 Å². The Bertz CT molecular complexity index is 1040. The van der Waals surface area contributed by atoms with Gasteiger partial charge in [0.25, 0.3) is 0 Å². The first kappa shape index (κ1) is 16.8. The van der Waals surface area contributed by atoms with Crippen molar-refractivity contribution < 1.29 is 0 Å². The van der Waals surface area contributed by atoms with E-state index >= 15 is 0 Å². The highest BCUT2D eigenvalue weighted by Gasteiger charge is 2.16. The minimum atomic E-state index is 0.693. The van der Waals surface area contributed by atoms with Crippen LogP contribution in [0.25, 0.3) is 21.7 Å². The summed E-state index contributed by atoms with van der Waals surface area (Å²) in [5, 5.41) is 10.9. The van der Waals surface area contributed by atoms with Gasteiger partial charge in [0.1, 0.15) is 16.1 Å². The van der Waals surface area contributed by atoms with Crippen LogP contribution in [0.5, 0.6) is 0 Å². The zero-order valence-corrected chi connectivity index (χ0v) is 16.4. The summed E-state index contributed by atoms with van der Waals surface area (Å²) in [7, 11) is 1.94. The molecule has 0 bridgehead atoms. The number of halogens is 1. The highest BCUT2D eigenvalue weighted by molar-refractivity contribution is 8.00. The van der Waals surface area contributed by atoms with Gasteiger partial charge in [0.15, 0.2) is 21.0 Å². The molecule has 0 aliphatic heterocycles. The molecule has 10 heteroatoms. The van der Waals surface area contributed by atoms with Gasteiger partial charge >= 0.3 is 0 Å². The van der Waals surface area contributed by atoms with Crippen molar-refractivity contribution in [1.29, 1.82) is 0 Å². The van der Waals surface area contributed by atoms with Gasteiger partial charge in [-0.3, -0.25) is 0 Å². The molecule has 0 radical (unpaired) electrons. The molecule has 0 N–H and O–H groups in total. The first-order chi connectivity index (χ1) is 12.2. The Labute approximate surface area is 161 Å². The molecule has 0 aliphatic rings. The summed E-state index contributed by atoms with van der Waals surface area (Å²) in [5.74, 6) is 0.776. The van der Waals surface area contributed by atoms with Gasteiger partial charge in [-0.1, -0.05) is 23.4 Å². The lowest BCUT2D eigenvalue weighted by Gasteiger charge is -2.04. The summed E-state index contributed by atoms with van der Waals surface area (Å²) < 4.78 is 3.88. The quantitative estimate of drug-likeness (QED) is 0.367. The van der Waals surface area contributed by atoms with Crippen molar-refractivity contribution in [3.8, 4) is 11.4 Å². The average molecular weight is 407 g/mol. The van der Waals surface area contributed by atoms with Crippen molar-refractivity contribution in [1.82, 2.24) is 29.7 Å². The van der Waals surface area contributed by atoms with Crippen LogP contribution in [0, 0.1) is 0 Å². The fourth-order valence-corrected chi connectivity index (χ4v) is 4.75. The maximum absolute atomic E-state index is 5.95. The van der Waals surface area contributed by atoms with E-state index < -0.39 is 0 Å². The van der Waals surface area contributed by atoms with Gasteiger partial charge in [0.05, 0.1) is 0 Å². The molecule has 25 heavy (non-hydrogen) atoms. The lowest BCUT2D eigenvalue weighted by Crippen LogP contribution is -1.95. The van der Waals surface area contributed by atoms with Crippen molar-refractivity contribution in [2.45, 2.75) is 14.5 Å². The Morgan fingerprint density at radius 3 is 2.68 bits per heavy atom. The Morgan fingerprint density at radius 2 is 1.92 bits per heavy atom. The first-order valence-corrected chi connectivity index (χ1v) is 10.4. The van der Waals surface area contributed by atoms with Crippen molar-refractivity contribution in [3.63, 3.8) is 0 Å². The predicted octanol–water partition coefficient (Wildman–Crippen LogP) is 4.41. The van der Waals surface area contributed by atoms with Crippen LogP contribution >= 0.6 is 46.5 Å². The van der Waals surface area contributed by atoms with E-state index in [1.165, 1.54) is 18.1 Å². The number of fused-ring (bicyclic) bond motifs is 1. The average Bonchev–Trinajstić information content (AvgIpc) is 3.20. The third-order valence-electron chi connectivity index (χ3n) is 3.44. The lowest BCUT2D eigenvalue weighted by atomic mass is 10.2. The first-order valence-electron chi connectivity index (χ1n) is 7.14. The highest BCUT2D eigenvalue weighted by Crippen LogP contribution is 2.36. The summed E-state index contributed by atoms with van der Waals surface area (Å²) in [5.41, 5.74) is 1.67. The van der Waals surface area contributed by atoms with Crippen molar-refractivity contribution >= 4 is 56.8 Å². The van der Waals surface area contributed by atoms with Crippen LogP contribution in [0.15, 0.2) is 45.1 Å². The van der Waals surface area contributed by atoms with Gasteiger partial charge < -0.3 is 4.57 Å². The molecule has 3 heterocycles. The van der Waals surface area contributed by atoms with Gasteiger partial charge in [0, 0.05) is 17.6 Å². The number of nitrogens with zero attached hydrogens (tertiary/aromatic N) is 6. The van der Waals surface area contributed by atoms with Crippen molar-refractivity contribution in [3.05, 3.63) is 35.6 Å². The second kappa shape index (κ2) is 6.91. The van der Waals surface area contributed by atoms with E-state index in [1.54, 1.807) is 23.1 Å². The monoisotopic (exact) mass is 406 g/mol. The molecule has 0 saturated heterocycles. The molecule has 4 aromatic rings. The molecule has 0 amide bonds. The van der Waals surface area contributed by atoms with Gasteiger partial charge in [-0.05, 0) is 42.3 Å². The molecule has 4 rings (SSSR count). The number of thioether (sulfide) groups is 1. The minimum absolute atomic E-state index is 0.693. The summed E-state index contributed by atoms with van der Waals surface area (Å²) in [6.07, 6.45) is 3.53. The summed E-state index contributed by atoms with van der Waals surface area (Å²) in [4.78, 5) is 13.1. The molecular weight excluding hydrogens is 396 g/mol. The van der Waals surface area contributed by atoms with Crippen LogP contribution in [-0.2, 0) is 7.05 Å². The van der Waals surface area contributed by atoms with E-state index in [2.05, 4.69) is 25.1 Å². The van der Waals surface area contributed by atoms with Crippen LogP contribution in [0.1, 0.15) is 0 Å². The molecule has 0 atom stereocenters. The van der Waals surface area contributed by atoms with E-state index in [1.807, 2.05) is 42.1 Å². The molecule has 0 spiro atoms. The minimum Gasteiger partial charge on any atom is -0.305 e. The zero-order chi connectivity index (χ0) is 17.4. The number of benzene rings is 1. The normalized spacial score (nSPS) is 11.3. The number of hydrogen-bond acceptors (Lipinski definition) is 8. The second-order valence-electron chi connectivity index (χ2n) is 4.99. The smallest absolute Gasteiger partial charge is 0.197 e. The molecular formula is C15H11ClN6S3. The highest BCUT2D eigenvalue weighted by atomic mass is 35.5. The Balaban J connectivity index is 1.70. The predicted molar refractivity (Wildman–Crippen MR) is 103 cm³/mol. The molecule has 126 valence electrons. The Kier molecular flexibility index (Phi) is 4.63. The van der Waals surface area contributed by atoms with Crippen LogP contribution in [0.4, 0.5) is 0 Å². The van der Waals surface area contributed by atoms with Gasteiger partial charge in [-0.25, -0.2) is 15.0 Å². The van der Waals surface area contributed by atoms with Crippen LogP contribution < -0.4 is 0 Å². The molecule has 6 nitrogen and oxygen atoms in total.